The van der Waals surface area contributed by atoms with Crippen LogP contribution in [0.5, 0.6) is 0 Å². The number of hydrogen-bond acceptors (Lipinski definition) is 9. The number of benzene rings is 1. The van der Waals surface area contributed by atoms with Gasteiger partial charge in [-0.15, -0.1) is 0 Å². The van der Waals surface area contributed by atoms with Gasteiger partial charge in [-0.1, -0.05) is 6.07 Å². The van der Waals surface area contributed by atoms with Gasteiger partial charge in [0, 0.05) is 37.9 Å². The minimum absolute atomic E-state index is 0.235. The van der Waals surface area contributed by atoms with E-state index in [4.69, 9.17) is 4.84 Å². The molecule has 3 N–H and O–H groups in total. The van der Waals surface area contributed by atoms with Gasteiger partial charge in [0.05, 0.1) is 42.0 Å². The van der Waals surface area contributed by atoms with E-state index in [1.54, 1.807) is 36.6 Å². The highest BCUT2D eigenvalue weighted by Gasteiger charge is 2.26. The van der Waals surface area contributed by atoms with Crippen molar-refractivity contribution in [3.63, 3.8) is 0 Å². The van der Waals surface area contributed by atoms with Crippen molar-refractivity contribution in [3.8, 4) is 0 Å². The van der Waals surface area contributed by atoms with Crippen LogP contribution in [0.4, 0.5) is 22.9 Å². The molecule has 0 saturated heterocycles. The van der Waals surface area contributed by atoms with E-state index in [9.17, 15) is 13.2 Å². The zero-order chi connectivity index (χ0) is 25.0. The molecule has 12 heteroatoms. The number of nitrogens with one attached hydrogen (secondary N) is 3. The predicted molar refractivity (Wildman–Crippen MR) is 136 cm³/mol. The molecule has 4 rings (SSSR count). The number of carbonyl (C=O) groups is 1. The minimum atomic E-state index is -3.52. The van der Waals surface area contributed by atoms with Crippen LogP contribution in [0.15, 0.2) is 47.9 Å². The molecule has 1 fully saturated rings. The number of hydrogen-bond donors (Lipinski definition) is 3. The van der Waals surface area contributed by atoms with E-state index in [1.807, 2.05) is 18.2 Å². The number of nitrogens with zero attached hydrogens (tertiary/aromatic N) is 4. The maximum absolute atomic E-state index is 12.8. The average molecular weight is 500 g/mol. The Balaban J connectivity index is 1.71. The molecule has 1 saturated carbocycles. The third kappa shape index (κ3) is 6.08. The van der Waals surface area contributed by atoms with Crippen LogP contribution in [0.25, 0.3) is 0 Å². The summed E-state index contributed by atoms with van der Waals surface area (Å²) in [6.07, 6.45) is 9.92. The molecule has 0 atom stereocenters. The largest absolute Gasteiger partial charge is 0.353 e. The van der Waals surface area contributed by atoms with Crippen LogP contribution < -0.4 is 20.5 Å². The van der Waals surface area contributed by atoms with Crippen LogP contribution in [0.1, 0.15) is 41.6 Å². The van der Waals surface area contributed by atoms with E-state index in [-0.39, 0.29) is 5.56 Å². The fourth-order valence-electron chi connectivity index (χ4n) is 3.51. The van der Waals surface area contributed by atoms with Crippen molar-refractivity contribution >= 4 is 45.0 Å². The Hall–Kier alpha value is -3.64. The first kappa shape index (κ1) is 24.5. The van der Waals surface area contributed by atoms with E-state index in [2.05, 4.69) is 26.2 Å². The number of hydrazine groups is 1. The Morgan fingerprint density at radius 2 is 2.06 bits per heavy atom. The summed E-state index contributed by atoms with van der Waals surface area (Å²) >= 11 is 0. The summed E-state index contributed by atoms with van der Waals surface area (Å²) in [6, 6.07) is 7.39. The van der Waals surface area contributed by atoms with Gasteiger partial charge in [-0.3, -0.25) is 29.4 Å². The monoisotopic (exact) mass is 499 g/mol. The van der Waals surface area contributed by atoms with E-state index >= 15 is 0 Å². The molecule has 2 aliphatic rings. The van der Waals surface area contributed by atoms with E-state index in [0.717, 1.165) is 24.7 Å². The van der Waals surface area contributed by atoms with Crippen LogP contribution in [0.3, 0.4) is 0 Å². The van der Waals surface area contributed by atoms with E-state index in [1.165, 1.54) is 17.5 Å². The number of anilines is 4. The van der Waals surface area contributed by atoms with Crippen molar-refractivity contribution in [2.75, 3.05) is 41.5 Å². The predicted octanol–water partition coefficient (Wildman–Crippen LogP) is 2.96. The Morgan fingerprint density at radius 3 is 2.71 bits per heavy atom. The van der Waals surface area contributed by atoms with Gasteiger partial charge in [0.25, 0.3) is 5.91 Å². The summed E-state index contributed by atoms with van der Waals surface area (Å²) in [7, 11) is -2.00. The second-order valence-electron chi connectivity index (χ2n) is 8.28. The molecule has 1 aromatic carbocycles. The molecule has 1 aliphatic heterocycles. The summed E-state index contributed by atoms with van der Waals surface area (Å²) in [5.41, 5.74) is 8.31. The number of aliphatic imine (C=N–C) groups is 1. The lowest BCUT2D eigenvalue weighted by molar-refractivity contribution is 0.0365. The average Bonchev–Trinajstić information content (AvgIpc) is 3.68. The standard InChI is InChI=1S/C23H29N7O4S/c1-4-34-28-23(31)18-15-25-22(27-30-11-9-24-10-12-30)14-20(18)26-19-8-7-17(16-5-6-16)13-21(19)29(2)35(3,32)33/h7-11,13-16H,4-6,12H2,1-3H3,(H,28,31)(H2,25,26,27). The lowest BCUT2D eigenvalue weighted by atomic mass is 10.1. The number of carbonyl (C=O) groups excluding carboxylic acids is 1. The third-order valence-electron chi connectivity index (χ3n) is 5.61. The SMILES string of the molecule is CCONC(=O)c1cnc(NN2C=CN=CC2)cc1Nc1ccc(C2CC2)cc1N(C)S(C)(=O)=O. The number of hydroxylamine groups is 1. The number of amides is 1. The van der Waals surface area contributed by atoms with E-state index < -0.39 is 15.9 Å². The highest BCUT2D eigenvalue weighted by Crippen LogP contribution is 2.43. The lowest BCUT2D eigenvalue weighted by Crippen LogP contribution is -2.29. The quantitative estimate of drug-likeness (QED) is 0.426. The summed E-state index contributed by atoms with van der Waals surface area (Å²) in [4.78, 5) is 26.2. The molecule has 1 aromatic heterocycles. The third-order valence-corrected chi connectivity index (χ3v) is 6.80. The topological polar surface area (TPSA) is 128 Å². The van der Waals surface area contributed by atoms with Crippen LogP contribution in [0.2, 0.25) is 0 Å². The normalized spacial score (nSPS) is 15.1. The molecule has 0 spiro atoms. The van der Waals surface area contributed by atoms with E-state index in [0.29, 0.717) is 41.9 Å². The van der Waals surface area contributed by atoms with Gasteiger partial charge in [-0.05, 0) is 43.4 Å². The molecule has 186 valence electrons. The first-order valence-electron chi connectivity index (χ1n) is 11.2. The number of rotatable bonds is 10. The van der Waals surface area contributed by atoms with Gasteiger partial charge in [0.2, 0.25) is 10.0 Å². The van der Waals surface area contributed by atoms with Crippen molar-refractivity contribution in [1.29, 1.82) is 0 Å². The summed E-state index contributed by atoms with van der Waals surface area (Å²) < 4.78 is 26.0. The fraction of sp³-hybridized carbons (Fsp3) is 0.348. The Bertz CT molecular complexity index is 1260. The number of pyridine rings is 1. The van der Waals surface area contributed by atoms with Crippen molar-refractivity contribution in [2.24, 2.45) is 4.99 Å². The highest BCUT2D eigenvalue weighted by molar-refractivity contribution is 7.92. The minimum Gasteiger partial charge on any atom is -0.353 e. The first-order valence-corrected chi connectivity index (χ1v) is 13.1. The molecule has 1 aliphatic carbocycles. The van der Waals surface area contributed by atoms with Gasteiger partial charge >= 0.3 is 0 Å². The second kappa shape index (κ2) is 10.3. The molecule has 1 amide bonds. The van der Waals surface area contributed by atoms with Crippen LogP contribution in [0, 0.1) is 0 Å². The molecular formula is C23H29N7O4S. The maximum Gasteiger partial charge on any atom is 0.278 e. The summed E-state index contributed by atoms with van der Waals surface area (Å²) in [6.45, 7) is 2.60. The number of sulfonamides is 1. The van der Waals surface area contributed by atoms with Gasteiger partial charge in [-0.25, -0.2) is 18.9 Å². The van der Waals surface area contributed by atoms with Crippen LogP contribution in [-0.4, -0.2) is 57.0 Å². The van der Waals surface area contributed by atoms with Crippen molar-refractivity contribution in [2.45, 2.75) is 25.7 Å². The van der Waals surface area contributed by atoms with Crippen molar-refractivity contribution in [3.05, 3.63) is 54.0 Å². The second-order valence-corrected chi connectivity index (χ2v) is 10.3. The molecular weight excluding hydrogens is 470 g/mol. The van der Waals surface area contributed by atoms with Gasteiger partial charge in [-0.2, -0.15) is 0 Å². The highest BCUT2D eigenvalue weighted by atomic mass is 32.2. The zero-order valence-electron chi connectivity index (χ0n) is 19.9. The van der Waals surface area contributed by atoms with Gasteiger partial charge in [0.15, 0.2) is 0 Å². The van der Waals surface area contributed by atoms with Crippen LogP contribution >= 0.6 is 0 Å². The van der Waals surface area contributed by atoms with Gasteiger partial charge < -0.3 is 5.32 Å². The summed E-state index contributed by atoms with van der Waals surface area (Å²) in [5.74, 6) is 0.445. The van der Waals surface area contributed by atoms with Gasteiger partial charge in [0.1, 0.15) is 5.82 Å². The smallest absolute Gasteiger partial charge is 0.278 e. The maximum atomic E-state index is 12.8. The molecule has 0 unspecified atom stereocenters. The lowest BCUT2D eigenvalue weighted by Gasteiger charge is -2.24. The molecule has 2 aromatic rings. The zero-order valence-corrected chi connectivity index (χ0v) is 20.7. The molecule has 0 bridgehead atoms. The van der Waals surface area contributed by atoms with Crippen LogP contribution in [-0.2, 0) is 14.9 Å². The number of aromatic nitrogens is 1. The molecule has 0 radical (unpaired) electrons. The fourth-order valence-corrected chi connectivity index (χ4v) is 4.02. The Kier molecular flexibility index (Phi) is 7.22. The molecule has 11 nitrogen and oxygen atoms in total. The van der Waals surface area contributed by atoms with Crippen molar-refractivity contribution < 1.29 is 18.0 Å². The first-order chi connectivity index (χ1) is 16.8. The molecule has 35 heavy (non-hydrogen) atoms. The Labute approximate surface area is 204 Å². The molecule has 2 heterocycles. The Morgan fingerprint density at radius 1 is 1.26 bits per heavy atom. The summed E-state index contributed by atoms with van der Waals surface area (Å²) in [5, 5.41) is 5.03. The van der Waals surface area contributed by atoms with Crippen molar-refractivity contribution in [1.82, 2.24) is 15.5 Å².